The fourth-order valence-corrected chi connectivity index (χ4v) is 5.23. The number of nitrogens with zero attached hydrogens (tertiary/aromatic N) is 2. The molecule has 38 heavy (non-hydrogen) atoms. The van der Waals surface area contributed by atoms with Crippen molar-refractivity contribution in [3.8, 4) is 5.75 Å². The molecule has 0 unspecified atom stereocenters. The van der Waals surface area contributed by atoms with Crippen molar-refractivity contribution in [2.75, 3.05) is 24.5 Å². The van der Waals surface area contributed by atoms with Gasteiger partial charge in [-0.3, -0.25) is 13.9 Å². The van der Waals surface area contributed by atoms with Crippen molar-refractivity contribution < 1.29 is 27.1 Å². The molecular formula is C28H32FN3O5S. The van der Waals surface area contributed by atoms with Crippen LogP contribution in [0.2, 0.25) is 0 Å². The molecule has 10 heteroatoms. The maximum Gasteiger partial charge on any atom is 0.264 e. The van der Waals surface area contributed by atoms with Crippen molar-refractivity contribution in [1.29, 1.82) is 0 Å². The van der Waals surface area contributed by atoms with Crippen LogP contribution in [0.3, 0.4) is 0 Å². The smallest absolute Gasteiger partial charge is 0.264 e. The second kappa shape index (κ2) is 12.6. The second-order valence-electron chi connectivity index (χ2n) is 8.69. The number of carbonyl (C=O) groups excluding carboxylic acids is 2. The normalized spacial score (nSPS) is 11.9. The lowest BCUT2D eigenvalue weighted by Gasteiger charge is -2.31. The molecule has 1 atom stereocenters. The number of rotatable bonds is 11. The first-order valence-electron chi connectivity index (χ1n) is 12.1. The molecule has 8 nitrogen and oxygen atoms in total. The lowest BCUT2D eigenvalue weighted by molar-refractivity contribution is -0.139. The number of amides is 2. The van der Waals surface area contributed by atoms with Gasteiger partial charge in [0.15, 0.2) is 0 Å². The third-order valence-corrected chi connectivity index (χ3v) is 7.79. The highest BCUT2D eigenvalue weighted by Gasteiger charge is 2.32. The summed E-state index contributed by atoms with van der Waals surface area (Å²) in [4.78, 5) is 27.5. The van der Waals surface area contributed by atoms with Crippen LogP contribution >= 0.6 is 0 Å². The standard InChI is InChI=1S/C28H32FN3O5S/c1-5-37-25-14-12-24(13-15-25)32(38(35,36)26-16-6-20(2)7-17-26)19-27(33)31(21(3)28(34)30-4)18-22-8-10-23(29)11-9-22/h6-17,21H,5,18-19H2,1-4H3,(H,30,34)/t21-/m1/s1. The highest BCUT2D eigenvalue weighted by Crippen LogP contribution is 2.27. The van der Waals surface area contributed by atoms with Crippen molar-refractivity contribution in [2.24, 2.45) is 0 Å². The molecule has 0 bridgehead atoms. The van der Waals surface area contributed by atoms with Crippen LogP contribution in [0.4, 0.5) is 10.1 Å². The number of carbonyl (C=O) groups is 2. The van der Waals surface area contributed by atoms with E-state index >= 15 is 0 Å². The summed E-state index contributed by atoms with van der Waals surface area (Å²) in [7, 11) is -2.71. The number of aryl methyl sites for hydroxylation is 1. The number of benzene rings is 3. The SMILES string of the molecule is CCOc1ccc(N(CC(=O)N(Cc2ccc(F)cc2)[C@H](C)C(=O)NC)S(=O)(=O)c2ccc(C)cc2)cc1. The Morgan fingerprint density at radius 2 is 1.58 bits per heavy atom. The topological polar surface area (TPSA) is 96.0 Å². The molecule has 3 aromatic rings. The van der Waals surface area contributed by atoms with Gasteiger partial charge in [0.2, 0.25) is 11.8 Å². The van der Waals surface area contributed by atoms with Gasteiger partial charge in [-0.25, -0.2) is 12.8 Å². The zero-order valence-electron chi connectivity index (χ0n) is 21.8. The minimum absolute atomic E-state index is 0.0185. The van der Waals surface area contributed by atoms with Gasteiger partial charge < -0.3 is 15.0 Å². The molecule has 0 spiro atoms. The number of halogens is 1. The first kappa shape index (κ1) is 28.6. The zero-order valence-corrected chi connectivity index (χ0v) is 22.7. The first-order chi connectivity index (χ1) is 18.1. The Morgan fingerprint density at radius 3 is 2.13 bits per heavy atom. The Kier molecular flexibility index (Phi) is 9.46. The van der Waals surface area contributed by atoms with Crippen LogP contribution in [-0.4, -0.2) is 51.4 Å². The maximum absolute atomic E-state index is 13.8. The Labute approximate surface area is 223 Å². The number of ether oxygens (including phenoxy) is 1. The molecule has 0 aliphatic carbocycles. The summed E-state index contributed by atoms with van der Waals surface area (Å²) < 4.78 is 47.5. The van der Waals surface area contributed by atoms with Gasteiger partial charge in [-0.15, -0.1) is 0 Å². The number of likely N-dealkylation sites (N-methyl/N-ethyl adjacent to an activating group) is 1. The van der Waals surface area contributed by atoms with E-state index in [9.17, 15) is 22.4 Å². The molecule has 0 aliphatic heterocycles. The number of nitrogens with one attached hydrogen (secondary N) is 1. The summed E-state index contributed by atoms with van der Waals surface area (Å²) in [6, 6.07) is 17.4. The maximum atomic E-state index is 13.8. The fourth-order valence-electron chi connectivity index (χ4n) is 3.82. The Hall–Kier alpha value is -3.92. The molecule has 202 valence electrons. The van der Waals surface area contributed by atoms with E-state index in [2.05, 4.69) is 5.32 Å². The Bertz CT molecular complexity index is 1340. The van der Waals surface area contributed by atoms with E-state index < -0.39 is 40.2 Å². The summed E-state index contributed by atoms with van der Waals surface area (Å²) in [6.07, 6.45) is 0. The van der Waals surface area contributed by atoms with E-state index in [1.54, 1.807) is 43.3 Å². The highest BCUT2D eigenvalue weighted by atomic mass is 32.2. The summed E-state index contributed by atoms with van der Waals surface area (Å²) in [5.74, 6) is -0.900. The highest BCUT2D eigenvalue weighted by molar-refractivity contribution is 7.92. The molecule has 0 fully saturated rings. The van der Waals surface area contributed by atoms with Crippen molar-refractivity contribution >= 4 is 27.5 Å². The quantitative estimate of drug-likeness (QED) is 0.397. The lowest BCUT2D eigenvalue weighted by atomic mass is 10.1. The van der Waals surface area contributed by atoms with Gasteiger partial charge in [0.1, 0.15) is 24.2 Å². The summed E-state index contributed by atoms with van der Waals surface area (Å²) >= 11 is 0. The van der Waals surface area contributed by atoms with E-state index in [4.69, 9.17) is 4.74 Å². The van der Waals surface area contributed by atoms with Crippen LogP contribution < -0.4 is 14.4 Å². The molecule has 0 aliphatic rings. The Morgan fingerprint density at radius 1 is 0.974 bits per heavy atom. The van der Waals surface area contributed by atoms with E-state index in [-0.39, 0.29) is 17.1 Å². The molecule has 3 rings (SSSR count). The zero-order chi connectivity index (χ0) is 27.9. The van der Waals surface area contributed by atoms with Crippen LogP contribution in [0.25, 0.3) is 0 Å². The van der Waals surface area contributed by atoms with Crippen LogP contribution in [0, 0.1) is 12.7 Å². The van der Waals surface area contributed by atoms with Gasteiger partial charge >= 0.3 is 0 Å². The van der Waals surface area contributed by atoms with Crippen molar-refractivity contribution in [2.45, 2.75) is 38.3 Å². The van der Waals surface area contributed by atoms with Crippen molar-refractivity contribution in [3.63, 3.8) is 0 Å². The first-order valence-corrected chi connectivity index (χ1v) is 13.6. The summed E-state index contributed by atoms with van der Waals surface area (Å²) in [5.41, 5.74) is 1.73. The van der Waals surface area contributed by atoms with E-state index in [0.29, 0.717) is 17.9 Å². The summed E-state index contributed by atoms with van der Waals surface area (Å²) in [5, 5.41) is 2.52. The minimum atomic E-state index is -4.16. The van der Waals surface area contributed by atoms with Gasteiger partial charge in [0.05, 0.1) is 17.2 Å². The molecular weight excluding hydrogens is 509 g/mol. The second-order valence-corrected chi connectivity index (χ2v) is 10.6. The lowest BCUT2D eigenvalue weighted by Crippen LogP contribution is -2.50. The third kappa shape index (κ3) is 6.89. The molecule has 0 radical (unpaired) electrons. The number of hydrogen-bond donors (Lipinski definition) is 1. The monoisotopic (exact) mass is 541 g/mol. The minimum Gasteiger partial charge on any atom is -0.494 e. The van der Waals surface area contributed by atoms with Crippen molar-refractivity contribution in [1.82, 2.24) is 10.2 Å². The van der Waals surface area contributed by atoms with Crippen LogP contribution in [0.1, 0.15) is 25.0 Å². The summed E-state index contributed by atoms with van der Waals surface area (Å²) in [6.45, 7) is 5.10. The van der Waals surface area contributed by atoms with Gasteiger partial charge in [-0.1, -0.05) is 29.8 Å². The molecule has 0 heterocycles. The predicted molar refractivity (Wildman–Crippen MR) is 144 cm³/mol. The molecule has 0 aromatic heterocycles. The molecule has 0 saturated heterocycles. The van der Waals surface area contributed by atoms with E-state index in [0.717, 1.165) is 9.87 Å². The molecule has 0 saturated carbocycles. The van der Waals surface area contributed by atoms with Gasteiger partial charge in [0.25, 0.3) is 10.0 Å². The van der Waals surface area contributed by atoms with E-state index in [1.165, 1.54) is 48.3 Å². The van der Waals surface area contributed by atoms with Crippen molar-refractivity contribution in [3.05, 3.63) is 89.7 Å². The van der Waals surface area contributed by atoms with Gasteiger partial charge in [-0.05, 0) is 74.9 Å². The number of anilines is 1. The Balaban J connectivity index is 2.02. The molecule has 1 N–H and O–H groups in total. The number of sulfonamides is 1. The molecule has 2 amide bonds. The average molecular weight is 542 g/mol. The van der Waals surface area contributed by atoms with Crippen LogP contribution in [-0.2, 0) is 26.2 Å². The largest absolute Gasteiger partial charge is 0.494 e. The van der Waals surface area contributed by atoms with E-state index in [1.807, 2.05) is 13.8 Å². The third-order valence-electron chi connectivity index (χ3n) is 6.00. The average Bonchev–Trinajstić information content (AvgIpc) is 2.91. The van der Waals surface area contributed by atoms with Gasteiger partial charge in [-0.2, -0.15) is 0 Å². The van der Waals surface area contributed by atoms with Crippen LogP contribution in [0.15, 0.2) is 77.7 Å². The predicted octanol–water partition coefficient (Wildman–Crippen LogP) is 3.89. The fraction of sp³-hybridized carbons (Fsp3) is 0.286. The number of hydrogen-bond acceptors (Lipinski definition) is 5. The molecule has 3 aromatic carbocycles. The van der Waals surface area contributed by atoms with Crippen LogP contribution in [0.5, 0.6) is 5.75 Å². The van der Waals surface area contributed by atoms with Gasteiger partial charge in [0, 0.05) is 13.6 Å².